The van der Waals surface area contributed by atoms with Crippen molar-refractivity contribution >= 4 is 23.6 Å². The molecule has 1 fully saturated rings. The molecule has 1 unspecified atom stereocenters. The number of morpholine rings is 1. The lowest BCUT2D eigenvalue weighted by molar-refractivity contribution is -0.141. The molecule has 0 spiro atoms. The van der Waals surface area contributed by atoms with Crippen LogP contribution in [0, 0.1) is 5.82 Å². The molecular formula is C19H23F4N5O2S. The van der Waals surface area contributed by atoms with E-state index in [1.54, 1.807) is 31.0 Å². The molecule has 1 aromatic heterocycles. The highest BCUT2D eigenvalue weighted by molar-refractivity contribution is 8.00. The van der Waals surface area contributed by atoms with Crippen LogP contribution in [-0.2, 0) is 22.6 Å². The van der Waals surface area contributed by atoms with E-state index in [0.29, 0.717) is 31.9 Å². The number of halogens is 4. The molecule has 0 N–H and O–H groups in total. The summed E-state index contributed by atoms with van der Waals surface area (Å²) in [5, 5.41) is 7.18. The summed E-state index contributed by atoms with van der Waals surface area (Å²) in [5.74, 6) is -0.615. The number of benzene rings is 1. The first-order valence-corrected chi connectivity index (χ1v) is 10.5. The topological polar surface area (TPSA) is 63.5 Å². The molecule has 1 amide bonds. The first-order valence-electron chi connectivity index (χ1n) is 9.63. The van der Waals surface area contributed by atoms with E-state index in [2.05, 4.69) is 10.2 Å². The van der Waals surface area contributed by atoms with E-state index in [9.17, 15) is 22.4 Å². The molecule has 0 radical (unpaired) electrons. The zero-order valence-corrected chi connectivity index (χ0v) is 17.9. The van der Waals surface area contributed by atoms with Crippen molar-refractivity contribution in [3.05, 3.63) is 35.6 Å². The Labute approximate surface area is 181 Å². The molecule has 170 valence electrons. The van der Waals surface area contributed by atoms with Crippen LogP contribution in [0.3, 0.4) is 0 Å². The number of carbonyl (C=O) groups excluding carboxylic acids is 1. The molecule has 1 aromatic carbocycles. The number of nitrogens with zero attached hydrogens (tertiary/aromatic N) is 5. The number of carbonyl (C=O) groups is 1. The van der Waals surface area contributed by atoms with Crippen LogP contribution in [0.15, 0.2) is 29.4 Å². The second kappa shape index (κ2) is 9.86. The Hall–Kier alpha value is -2.34. The Balaban J connectivity index is 1.73. The van der Waals surface area contributed by atoms with E-state index in [4.69, 9.17) is 4.74 Å². The summed E-state index contributed by atoms with van der Waals surface area (Å²) in [4.78, 5) is 15.8. The van der Waals surface area contributed by atoms with Gasteiger partial charge in [0.2, 0.25) is 11.9 Å². The normalized spacial score (nSPS) is 15.7. The largest absolute Gasteiger partial charge is 0.406 e. The Morgan fingerprint density at radius 2 is 2.00 bits per heavy atom. The summed E-state index contributed by atoms with van der Waals surface area (Å²) in [6, 6.07) is 5.88. The third-order valence-electron chi connectivity index (χ3n) is 4.64. The molecule has 31 heavy (non-hydrogen) atoms. The van der Waals surface area contributed by atoms with Crippen molar-refractivity contribution in [3.63, 3.8) is 0 Å². The first kappa shape index (κ1) is 23.3. The summed E-state index contributed by atoms with van der Waals surface area (Å²) in [7, 11) is 1.56. The molecular weight excluding hydrogens is 438 g/mol. The van der Waals surface area contributed by atoms with E-state index < -0.39 is 23.8 Å². The van der Waals surface area contributed by atoms with Crippen molar-refractivity contribution in [2.45, 2.75) is 36.6 Å². The molecule has 2 aromatic rings. The van der Waals surface area contributed by atoms with Crippen LogP contribution in [-0.4, -0.2) is 70.3 Å². The molecule has 12 heteroatoms. The van der Waals surface area contributed by atoms with Crippen molar-refractivity contribution in [2.75, 3.05) is 38.3 Å². The van der Waals surface area contributed by atoms with Gasteiger partial charge in [0, 0.05) is 26.7 Å². The average molecular weight is 461 g/mol. The molecule has 0 aliphatic carbocycles. The number of aromatic nitrogens is 3. The van der Waals surface area contributed by atoms with Gasteiger partial charge in [-0.1, -0.05) is 23.9 Å². The van der Waals surface area contributed by atoms with E-state index in [1.807, 2.05) is 0 Å². The van der Waals surface area contributed by atoms with Crippen LogP contribution in [0.2, 0.25) is 0 Å². The molecule has 0 bridgehead atoms. The molecule has 1 saturated heterocycles. The summed E-state index contributed by atoms with van der Waals surface area (Å²) in [6.45, 7) is 2.11. The summed E-state index contributed by atoms with van der Waals surface area (Å²) in [6.07, 6.45) is -4.47. The maximum absolute atomic E-state index is 13.4. The minimum absolute atomic E-state index is 0.0128. The second-order valence-corrected chi connectivity index (χ2v) is 8.48. The zero-order valence-electron chi connectivity index (χ0n) is 17.1. The molecule has 0 saturated carbocycles. The van der Waals surface area contributed by atoms with Crippen LogP contribution >= 0.6 is 11.8 Å². The van der Waals surface area contributed by atoms with Gasteiger partial charge in [-0.25, -0.2) is 4.39 Å². The van der Waals surface area contributed by atoms with Crippen molar-refractivity contribution < 1.29 is 27.1 Å². The van der Waals surface area contributed by atoms with Gasteiger partial charge in [0.05, 0.1) is 18.5 Å². The summed E-state index contributed by atoms with van der Waals surface area (Å²) >= 11 is 0.912. The van der Waals surface area contributed by atoms with Crippen LogP contribution in [0.4, 0.5) is 23.5 Å². The summed E-state index contributed by atoms with van der Waals surface area (Å²) in [5.41, 5.74) is 0.614. The Bertz CT molecular complexity index is 902. The minimum Gasteiger partial charge on any atom is -0.378 e. The number of ether oxygens (including phenoxy) is 1. The first-order chi connectivity index (χ1) is 14.6. The minimum atomic E-state index is -4.47. The van der Waals surface area contributed by atoms with E-state index in [0.717, 1.165) is 16.3 Å². The van der Waals surface area contributed by atoms with Gasteiger partial charge in [0.1, 0.15) is 12.4 Å². The third-order valence-corrected chi connectivity index (χ3v) is 5.71. The second-order valence-electron chi connectivity index (χ2n) is 7.17. The Morgan fingerprint density at radius 3 is 2.65 bits per heavy atom. The number of hydrogen-bond acceptors (Lipinski definition) is 6. The van der Waals surface area contributed by atoms with Gasteiger partial charge in [-0.05, 0) is 24.6 Å². The molecule has 7 nitrogen and oxygen atoms in total. The predicted molar refractivity (Wildman–Crippen MR) is 107 cm³/mol. The van der Waals surface area contributed by atoms with Gasteiger partial charge < -0.3 is 14.5 Å². The number of alkyl halides is 3. The average Bonchev–Trinajstić information content (AvgIpc) is 3.08. The van der Waals surface area contributed by atoms with Gasteiger partial charge in [-0.3, -0.25) is 9.36 Å². The van der Waals surface area contributed by atoms with Crippen LogP contribution in [0.1, 0.15) is 12.5 Å². The van der Waals surface area contributed by atoms with Gasteiger partial charge >= 0.3 is 6.18 Å². The smallest absolute Gasteiger partial charge is 0.378 e. The lowest BCUT2D eigenvalue weighted by Crippen LogP contribution is -2.38. The number of rotatable bonds is 7. The lowest BCUT2D eigenvalue weighted by Gasteiger charge is -2.28. The highest BCUT2D eigenvalue weighted by Gasteiger charge is 2.34. The van der Waals surface area contributed by atoms with Crippen molar-refractivity contribution in [3.8, 4) is 0 Å². The number of amides is 1. The SMILES string of the molecule is CC(Sc1nnc(N2CCOCC2)n1CC(F)(F)F)C(=O)N(C)Cc1cccc(F)c1. The van der Waals surface area contributed by atoms with Crippen LogP contribution in [0.25, 0.3) is 0 Å². The third kappa shape index (κ3) is 6.33. The summed E-state index contributed by atoms with van der Waals surface area (Å²) < 4.78 is 59.2. The quantitative estimate of drug-likeness (QED) is 0.467. The van der Waals surface area contributed by atoms with Crippen molar-refractivity contribution in [2.24, 2.45) is 0 Å². The van der Waals surface area contributed by atoms with Gasteiger partial charge in [-0.2, -0.15) is 13.2 Å². The fourth-order valence-corrected chi connectivity index (χ4v) is 4.15. The van der Waals surface area contributed by atoms with Crippen molar-refractivity contribution in [1.82, 2.24) is 19.7 Å². The number of anilines is 1. The molecule has 1 aliphatic rings. The monoisotopic (exact) mass is 461 g/mol. The standard InChI is InChI=1S/C19H23F4N5O2S/c1-13(16(29)26(2)11-14-4-3-5-15(20)10-14)31-18-25-24-17(27-6-8-30-9-7-27)28(18)12-19(21,22)23/h3-5,10,13H,6-9,11-12H2,1-2H3. The number of thioether (sulfide) groups is 1. The fourth-order valence-electron chi connectivity index (χ4n) is 3.19. The van der Waals surface area contributed by atoms with E-state index >= 15 is 0 Å². The van der Waals surface area contributed by atoms with E-state index in [-0.39, 0.29) is 23.6 Å². The number of hydrogen-bond donors (Lipinski definition) is 0. The highest BCUT2D eigenvalue weighted by Crippen LogP contribution is 2.30. The van der Waals surface area contributed by atoms with Crippen LogP contribution in [0.5, 0.6) is 0 Å². The fraction of sp³-hybridized carbons (Fsp3) is 0.526. The molecule has 3 rings (SSSR count). The van der Waals surface area contributed by atoms with Gasteiger partial charge in [0.15, 0.2) is 5.16 Å². The molecule has 2 heterocycles. The Morgan fingerprint density at radius 1 is 1.29 bits per heavy atom. The predicted octanol–water partition coefficient (Wildman–Crippen LogP) is 2.96. The zero-order chi connectivity index (χ0) is 22.6. The van der Waals surface area contributed by atoms with Gasteiger partial charge in [0.25, 0.3) is 0 Å². The lowest BCUT2D eigenvalue weighted by atomic mass is 10.2. The van der Waals surface area contributed by atoms with Gasteiger partial charge in [-0.15, -0.1) is 10.2 Å². The maximum Gasteiger partial charge on any atom is 0.406 e. The molecule has 1 atom stereocenters. The van der Waals surface area contributed by atoms with E-state index in [1.165, 1.54) is 17.0 Å². The van der Waals surface area contributed by atoms with Crippen LogP contribution < -0.4 is 4.90 Å². The highest BCUT2D eigenvalue weighted by atomic mass is 32.2. The molecule has 1 aliphatic heterocycles. The van der Waals surface area contributed by atoms with Crippen molar-refractivity contribution in [1.29, 1.82) is 0 Å². The maximum atomic E-state index is 13.4. The Kier molecular flexibility index (Phi) is 7.42.